The van der Waals surface area contributed by atoms with Gasteiger partial charge in [-0.3, -0.25) is 9.78 Å². The molecule has 1 heterocycles. The van der Waals surface area contributed by atoms with Crippen LogP contribution in [0.5, 0.6) is 0 Å². The van der Waals surface area contributed by atoms with Gasteiger partial charge >= 0.3 is 0 Å². The van der Waals surface area contributed by atoms with E-state index in [0.29, 0.717) is 11.3 Å². The Bertz CT molecular complexity index is 614. The lowest BCUT2D eigenvalue weighted by atomic mass is 10.2. The molecule has 0 aliphatic heterocycles. The molecule has 20 heavy (non-hydrogen) atoms. The third kappa shape index (κ3) is 2.66. The molecule has 0 bridgehead atoms. The first kappa shape index (κ1) is 12.7. The summed E-state index contributed by atoms with van der Waals surface area (Å²) in [5, 5.41) is 0. The van der Waals surface area contributed by atoms with Crippen molar-refractivity contribution >= 4 is 5.91 Å². The predicted octanol–water partition coefficient (Wildman–Crippen LogP) is 2.42. The van der Waals surface area contributed by atoms with E-state index in [4.69, 9.17) is 0 Å². The Hall–Kier alpha value is -2.30. The van der Waals surface area contributed by atoms with Crippen molar-refractivity contribution in [1.29, 1.82) is 0 Å². The number of rotatable bonds is 4. The minimum absolute atomic E-state index is 0.184. The third-order valence-corrected chi connectivity index (χ3v) is 3.33. The number of carbonyl (C=O) groups excluding carboxylic acids is 1. The highest BCUT2D eigenvalue weighted by molar-refractivity contribution is 5.92. The molecule has 1 fully saturated rings. The van der Waals surface area contributed by atoms with Crippen molar-refractivity contribution in [3.05, 3.63) is 59.9 Å². The van der Waals surface area contributed by atoms with E-state index in [2.05, 4.69) is 9.97 Å². The van der Waals surface area contributed by atoms with Gasteiger partial charge in [0.25, 0.3) is 5.91 Å². The van der Waals surface area contributed by atoms with Gasteiger partial charge in [-0.15, -0.1) is 0 Å². The fraction of sp³-hybridized carbons (Fsp3) is 0.267. The Morgan fingerprint density at radius 2 is 2.10 bits per heavy atom. The molecule has 4 nitrogen and oxygen atoms in total. The summed E-state index contributed by atoms with van der Waals surface area (Å²) in [4.78, 5) is 22.1. The largest absolute Gasteiger partial charge is 0.330 e. The zero-order valence-electron chi connectivity index (χ0n) is 10.9. The highest BCUT2D eigenvalue weighted by Gasteiger charge is 2.34. The zero-order chi connectivity index (χ0) is 13.9. The summed E-state index contributed by atoms with van der Waals surface area (Å²) in [6, 6.07) is 6.72. The minimum Gasteiger partial charge on any atom is -0.330 e. The zero-order valence-corrected chi connectivity index (χ0v) is 10.9. The standard InChI is InChI=1S/C15H14FN3O/c16-13-4-2-1-3-11(13)10-19(12-5-6-12)15(20)14-9-17-7-8-18-14/h1-4,7-9,12H,5-6,10H2. The van der Waals surface area contributed by atoms with Crippen LogP contribution in [0.2, 0.25) is 0 Å². The van der Waals surface area contributed by atoms with E-state index in [1.807, 2.05) is 0 Å². The van der Waals surface area contributed by atoms with Crippen LogP contribution in [0.25, 0.3) is 0 Å². The van der Waals surface area contributed by atoms with Crippen molar-refractivity contribution in [3.8, 4) is 0 Å². The van der Waals surface area contributed by atoms with Crippen molar-refractivity contribution in [2.45, 2.75) is 25.4 Å². The molecule has 3 rings (SSSR count). The minimum atomic E-state index is -0.287. The van der Waals surface area contributed by atoms with Gasteiger partial charge in [-0.05, 0) is 18.9 Å². The molecule has 102 valence electrons. The van der Waals surface area contributed by atoms with Crippen LogP contribution in [0.15, 0.2) is 42.9 Å². The van der Waals surface area contributed by atoms with Crippen LogP contribution in [0.3, 0.4) is 0 Å². The van der Waals surface area contributed by atoms with Gasteiger partial charge in [-0.2, -0.15) is 0 Å². The molecule has 0 saturated heterocycles. The fourth-order valence-electron chi connectivity index (χ4n) is 2.12. The summed E-state index contributed by atoms with van der Waals surface area (Å²) < 4.78 is 13.7. The molecule has 2 aromatic rings. The summed E-state index contributed by atoms with van der Waals surface area (Å²) in [7, 11) is 0. The van der Waals surface area contributed by atoms with Crippen LogP contribution in [-0.4, -0.2) is 26.8 Å². The van der Waals surface area contributed by atoms with Crippen LogP contribution in [0, 0.1) is 5.82 Å². The quantitative estimate of drug-likeness (QED) is 0.858. The second kappa shape index (κ2) is 5.36. The second-order valence-corrected chi connectivity index (χ2v) is 4.85. The molecule has 1 aromatic heterocycles. The van der Waals surface area contributed by atoms with Gasteiger partial charge in [0.2, 0.25) is 0 Å². The lowest BCUT2D eigenvalue weighted by molar-refractivity contribution is 0.0722. The van der Waals surface area contributed by atoms with Gasteiger partial charge in [0, 0.05) is 30.5 Å². The average Bonchev–Trinajstić information content (AvgIpc) is 3.31. The topological polar surface area (TPSA) is 46.1 Å². The van der Waals surface area contributed by atoms with Crippen LogP contribution in [-0.2, 0) is 6.54 Å². The number of benzene rings is 1. The highest BCUT2D eigenvalue weighted by atomic mass is 19.1. The van der Waals surface area contributed by atoms with Gasteiger partial charge in [-0.25, -0.2) is 9.37 Å². The van der Waals surface area contributed by atoms with Crippen molar-refractivity contribution in [2.75, 3.05) is 0 Å². The molecule has 1 aromatic carbocycles. The molecular weight excluding hydrogens is 257 g/mol. The lowest BCUT2D eigenvalue weighted by Crippen LogP contribution is -2.33. The van der Waals surface area contributed by atoms with E-state index in [1.54, 1.807) is 23.1 Å². The first-order valence-corrected chi connectivity index (χ1v) is 6.56. The summed E-state index contributed by atoms with van der Waals surface area (Å²) in [5.74, 6) is -0.478. The Labute approximate surface area is 116 Å². The van der Waals surface area contributed by atoms with Gasteiger partial charge in [0.15, 0.2) is 0 Å². The molecule has 1 aliphatic carbocycles. The number of amides is 1. The van der Waals surface area contributed by atoms with Gasteiger partial charge < -0.3 is 4.90 Å². The maximum absolute atomic E-state index is 13.7. The number of halogens is 1. The Morgan fingerprint density at radius 3 is 2.75 bits per heavy atom. The van der Waals surface area contributed by atoms with Crippen LogP contribution >= 0.6 is 0 Å². The molecule has 0 unspecified atom stereocenters. The van der Waals surface area contributed by atoms with Crippen molar-refractivity contribution in [3.63, 3.8) is 0 Å². The van der Waals surface area contributed by atoms with Gasteiger partial charge in [-0.1, -0.05) is 18.2 Å². The normalized spacial score (nSPS) is 14.1. The molecular formula is C15H14FN3O. The first-order valence-electron chi connectivity index (χ1n) is 6.56. The van der Waals surface area contributed by atoms with E-state index >= 15 is 0 Å². The molecule has 1 amide bonds. The lowest BCUT2D eigenvalue weighted by Gasteiger charge is -2.22. The van der Waals surface area contributed by atoms with E-state index in [9.17, 15) is 9.18 Å². The van der Waals surface area contributed by atoms with E-state index in [1.165, 1.54) is 24.7 Å². The van der Waals surface area contributed by atoms with Crippen LogP contribution in [0.1, 0.15) is 28.9 Å². The maximum Gasteiger partial charge on any atom is 0.274 e. The Kier molecular flexibility index (Phi) is 3.41. The first-order chi connectivity index (χ1) is 9.75. The van der Waals surface area contributed by atoms with Crippen molar-refractivity contribution < 1.29 is 9.18 Å². The van der Waals surface area contributed by atoms with Gasteiger partial charge in [0.1, 0.15) is 11.5 Å². The average molecular weight is 271 g/mol. The summed E-state index contributed by atoms with van der Waals surface area (Å²) in [5.41, 5.74) is 0.826. The van der Waals surface area contributed by atoms with E-state index in [-0.39, 0.29) is 24.3 Å². The van der Waals surface area contributed by atoms with Crippen LogP contribution in [0.4, 0.5) is 4.39 Å². The Morgan fingerprint density at radius 1 is 1.30 bits per heavy atom. The molecule has 0 spiro atoms. The molecule has 0 atom stereocenters. The van der Waals surface area contributed by atoms with Crippen molar-refractivity contribution in [2.24, 2.45) is 0 Å². The van der Waals surface area contributed by atoms with E-state index < -0.39 is 0 Å². The number of carbonyl (C=O) groups is 1. The molecule has 0 N–H and O–H groups in total. The number of hydrogen-bond donors (Lipinski definition) is 0. The summed E-state index contributed by atoms with van der Waals surface area (Å²) in [6.45, 7) is 0.271. The van der Waals surface area contributed by atoms with Crippen molar-refractivity contribution in [1.82, 2.24) is 14.9 Å². The maximum atomic E-state index is 13.7. The molecule has 1 aliphatic rings. The predicted molar refractivity (Wildman–Crippen MR) is 71.3 cm³/mol. The second-order valence-electron chi connectivity index (χ2n) is 4.85. The van der Waals surface area contributed by atoms with E-state index in [0.717, 1.165) is 12.8 Å². The SMILES string of the molecule is O=C(c1cnccn1)N(Cc1ccccc1F)C1CC1. The summed E-state index contributed by atoms with van der Waals surface area (Å²) >= 11 is 0. The van der Waals surface area contributed by atoms with Gasteiger partial charge in [0.05, 0.1) is 6.20 Å². The molecule has 0 radical (unpaired) electrons. The highest BCUT2D eigenvalue weighted by Crippen LogP contribution is 2.29. The number of nitrogens with zero attached hydrogens (tertiary/aromatic N) is 3. The fourth-order valence-corrected chi connectivity index (χ4v) is 2.12. The molecule has 5 heteroatoms. The van der Waals surface area contributed by atoms with Crippen LogP contribution < -0.4 is 0 Å². The molecule has 1 saturated carbocycles. The Balaban J connectivity index is 1.83. The smallest absolute Gasteiger partial charge is 0.274 e. The monoisotopic (exact) mass is 271 g/mol. The third-order valence-electron chi connectivity index (χ3n) is 3.33. The number of hydrogen-bond acceptors (Lipinski definition) is 3. The summed E-state index contributed by atoms with van der Waals surface area (Å²) in [6.07, 6.45) is 6.37. The number of aromatic nitrogens is 2.